The molecule has 1 fully saturated rings. The van der Waals surface area contributed by atoms with E-state index >= 15 is 0 Å². The first-order chi connectivity index (χ1) is 11.6. The zero-order valence-electron chi connectivity index (χ0n) is 14.2. The number of urea groups is 1. The molecule has 0 radical (unpaired) electrons. The molecule has 0 saturated carbocycles. The maximum Gasteiger partial charge on any atom is 0.323 e. The number of carbonyl (C=O) groups is 1. The van der Waals surface area contributed by atoms with Crippen LogP contribution in [0, 0.1) is 13.8 Å². The quantitative estimate of drug-likeness (QED) is 0.887. The van der Waals surface area contributed by atoms with Gasteiger partial charge in [0.05, 0.1) is 7.11 Å². The molecular weight excluding hydrogens is 320 g/mol. The van der Waals surface area contributed by atoms with Crippen LogP contribution in [0.25, 0.3) is 0 Å². The lowest BCUT2D eigenvalue weighted by molar-refractivity contribution is 0.214. The Morgan fingerprint density at radius 1 is 1.21 bits per heavy atom. The molecule has 0 aromatic heterocycles. The van der Waals surface area contributed by atoms with Crippen LogP contribution in [-0.2, 0) is 0 Å². The van der Waals surface area contributed by atoms with Crippen molar-refractivity contribution in [2.75, 3.05) is 24.7 Å². The second-order valence-corrected chi connectivity index (χ2v) is 7.12. The molecule has 5 heteroatoms. The zero-order chi connectivity index (χ0) is 17.1. The van der Waals surface area contributed by atoms with Gasteiger partial charge in [0.25, 0.3) is 0 Å². The van der Waals surface area contributed by atoms with Crippen molar-refractivity contribution in [2.24, 2.45) is 0 Å². The highest BCUT2D eigenvalue weighted by Gasteiger charge is 2.31. The number of hydrogen-bond acceptors (Lipinski definition) is 3. The fourth-order valence-corrected chi connectivity index (χ4v) is 4.26. The Morgan fingerprint density at radius 2 is 1.96 bits per heavy atom. The number of aryl methyl sites for hydroxylation is 2. The Labute approximate surface area is 147 Å². The van der Waals surface area contributed by atoms with E-state index in [1.54, 1.807) is 7.11 Å². The predicted molar refractivity (Wildman–Crippen MR) is 99.8 cm³/mol. The Hall–Kier alpha value is -2.14. The minimum absolute atomic E-state index is 0.0601. The minimum atomic E-state index is -0.0601. The summed E-state index contributed by atoms with van der Waals surface area (Å²) in [4.78, 5) is 14.6. The zero-order valence-corrected chi connectivity index (χ0v) is 15.0. The van der Waals surface area contributed by atoms with Gasteiger partial charge in [-0.3, -0.25) is 0 Å². The van der Waals surface area contributed by atoms with E-state index in [1.165, 1.54) is 16.7 Å². The summed E-state index contributed by atoms with van der Waals surface area (Å²) in [5.41, 5.74) is 4.47. The van der Waals surface area contributed by atoms with Crippen molar-refractivity contribution in [3.63, 3.8) is 0 Å². The summed E-state index contributed by atoms with van der Waals surface area (Å²) in [5, 5.41) is 3.06. The Bertz CT molecular complexity index is 731. The predicted octanol–water partition coefficient (Wildman–Crippen LogP) is 4.59. The average molecular weight is 342 g/mol. The van der Waals surface area contributed by atoms with Gasteiger partial charge in [0.2, 0.25) is 0 Å². The van der Waals surface area contributed by atoms with Crippen molar-refractivity contribution in [3.8, 4) is 5.75 Å². The molecule has 0 bridgehead atoms. The van der Waals surface area contributed by atoms with E-state index in [2.05, 4.69) is 37.4 Å². The van der Waals surface area contributed by atoms with Gasteiger partial charge < -0.3 is 15.0 Å². The smallest absolute Gasteiger partial charge is 0.323 e. The molecule has 1 aliphatic rings. The number of ether oxygens (including phenoxy) is 1. The van der Waals surface area contributed by atoms with Gasteiger partial charge in [0.15, 0.2) is 0 Å². The van der Waals surface area contributed by atoms with Gasteiger partial charge >= 0.3 is 6.03 Å². The van der Waals surface area contributed by atoms with Gasteiger partial charge in [0.1, 0.15) is 11.1 Å². The molecule has 3 rings (SSSR count). The number of carbonyl (C=O) groups excluding carboxylic acids is 1. The van der Waals surface area contributed by atoms with E-state index < -0.39 is 0 Å². The maximum absolute atomic E-state index is 12.7. The SMILES string of the molecule is COc1ccc(NC(=O)N2CCS[C@H]2c2ccc(C)cc2C)cc1. The van der Waals surface area contributed by atoms with Crippen LogP contribution in [0.15, 0.2) is 42.5 Å². The second-order valence-electron chi connectivity index (χ2n) is 5.94. The number of anilines is 1. The third-order valence-corrected chi connectivity index (χ3v) is 5.43. The third-order valence-electron chi connectivity index (χ3n) is 4.18. The highest BCUT2D eigenvalue weighted by Crippen LogP contribution is 2.39. The highest BCUT2D eigenvalue weighted by atomic mass is 32.2. The molecular formula is C19H22N2O2S. The monoisotopic (exact) mass is 342 g/mol. The molecule has 1 heterocycles. The molecule has 0 unspecified atom stereocenters. The molecule has 1 atom stereocenters. The van der Waals surface area contributed by atoms with Gasteiger partial charge in [-0.25, -0.2) is 4.79 Å². The number of methoxy groups -OCH3 is 1. The van der Waals surface area contributed by atoms with Crippen molar-refractivity contribution in [1.82, 2.24) is 4.90 Å². The Kier molecular flexibility index (Phi) is 5.00. The first-order valence-corrected chi connectivity index (χ1v) is 9.04. The summed E-state index contributed by atoms with van der Waals surface area (Å²) < 4.78 is 5.15. The van der Waals surface area contributed by atoms with Crippen molar-refractivity contribution < 1.29 is 9.53 Å². The van der Waals surface area contributed by atoms with E-state index in [4.69, 9.17) is 4.74 Å². The minimum Gasteiger partial charge on any atom is -0.497 e. The van der Waals surface area contributed by atoms with Crippen LogP contribution >= 0.6 is 11.8 Å². The van der Waals surface area contributed by atoms with Crippen molar-refractivity contribution in [3.05, 3.63) is 59.2 Å². The molecule has 2 amide bonds. The van der Waals surface area contributed by atoms with Gasteiger partial charge in [-0.15, -0.1) is 11.8 Å². The van der Waals surface area contributed by atoms with E-state index in [9.17, 15) is 4.79 Å². The van der Waals surface area contributed by atoms with Crippen LogP contribution in [-0.4, -0.2) is 30.3 Å². The number of thioether (sulfide) groups is 1. The molecule has 2 aromatic rings. The average Bonchev–Trinajstić information content (AvgIpc) is 3.05. The number of hydrogen-bond donors (Lipinski definition) is 1. The van der Waals surface area contributed by atoms with Gasteiger partial charge in [-0.2, -0.15) is 0 Å². The van der Waals surface area contributed by atoms with Crippen LogP contribution in [0.3, 0.4) is 0 Å². The number of nitrogens with one attached hydrogen (secondary N) is 1. The lowest BCUT2D eigenvalue weighted by Crippen LogP contribution is -2.34. The number of nitrogens with zero attached hydrogens (tertiary/aromatic N) is 1. The van der Waals surface area contributed by atoms with Crippen LogP contribution < -0.4 is 10.1 Å². The Balaban J connectivity index is 1.75. The van der Waals surface area contributed by atoms with Crippen LogP contribution in [0.2, 0.25) is 0 Å². The molecule has 2 aromatic carbocycles. The van der Waals surface area contributed by atoms with Crippen LogP contribution in [0.4, 0.5) is 10.5 Å². The molecule has 1 N–H and O–H groups in total. The fraction of sp³-hybridized carbons (Fsp3) is 0.316. The highest BCUT2D eigenvalue weighted by molar-refractivity contribution is 7.99. The standard InChI is InChI=1S/C19H22N2O2S/c1-13-4-9-17(14(2)12-13)18-21(10-11-24-18)19(22)20-15-5-7-16(23-3)8-6-15/h4-9,12,18H,10-11H2,1-3H3,(H,20,22)/t18-/m0/s1. The molecule has 1 saturated heterocycles. The van der Waals surface area contributed by atoms with Gasteiger partial charge in [-0.1, -0.05) is 23.8 Å². The number of amides is 2. The van der Waals surface area contributed by atoms with E-state index in [1.807, 2.05) is 40.9 Å². The second kappa shape index (κ2) is 7.18. The molecule has 0 spiro atoms. The van der Waals surface area contributed by atoms with Gasteiger partial charge in [0, 0.05) is 18.0 Å². The molecule has 126 valence electrons. The topological polar surface area (TPSA) is 41.6 Å². The Morgan fingerprint density at radius 3 is 2.62 bits per heavy atom. The summed E-state index contributed by atoms with van der Waals surface area (Å²) in [6.07, 6.45) is 0. The first kappa shape index (κ1) is 16.7. The number of benzene rings is 2. The first-order valence-electron chi connectivity index (χ1n) is 7.99. The van der Waals surface area contributed by atoms with Crippen molar-refractivity contribution in [2.45, 2.75) is 19.2 Å². The molecule has 1 aliphatic heterocycles. The van der Waals surface area contributed by atoms with Crippen LogP contribution in [0.1, 0.15) is 22.1 Å². The third kappa shape index (κ3) is 3.51. The van der Waals surface area contributed by atoms with Gasteiger partial charge in [-0.05, 0) is 49.2 Å². The molecule has 24 heavy (non-hydrogen) atoms. The molecule has 4 nitrogen and oxygen atoms in total. The largest absolute Gasteiger partial charge is 0.497 e. The fourth-order valence-electron chi connectivity index (χ4n) is 2.91. The summed E-state index contributed by atoms with van der Waals surface area (Å²) >= 11 is 1.81. The summed E-state index contributed by atoms with van der Waals surface area (Å²) in [6.45, 7) is 4.96. The summed E-state index contributed by atoms with van der Waals surface area (Å²) in [6, 6.07) is 13.8. The van der Waals surface area contributed by atoms with Crippen LogP contribution in [0.5, 0.6) is 5.75 Å². The van der Waals surface area contributed by atoms with Crippen molar-refractivity contribution >= 4 is 23.5 Å². The molecule has 0 aliphatic carbocycles. The normalized spacial score (nSPS) is 17.0. The summed E-state index contributed by atoms with van der Waals surface area (Å²) in [7, 11) is 1.63. The lowest BCUT2D eigenvalue weighted by atomic mass is 10.1. The number of rotatable bonds is 3. The maximum atomic E-state index is 12.7. The van der Waals surface area contributed by atoms with Crippen molar-refractivity contribution in [1.29, 1.82) is 0 Å². The summed E-state index contributed by atoms with van der Waals surface area (Å²) in [5.74, 6) is 1.73. The van der Waals surface area contributed by atoms with E-state index in [0.29, 0.717) is 0 Å². The van der Waals surface area contributed by atoms with E-state index in [0.717, 1.165) is 23.7 Å². The van der Waals surface area contributed by atoms with E-state index in [-0.39, 0.29) is 11.4 Å². The lowest BCUT2D eigenvalue weighted by Gasteiger charge is -2.25.